The average molecular weight is 240 g/mol. The van der Waals surface area contributed by atoms with Crippen LogP contribution in [0.1, 0.15) is 37.8 Å². The van der Waals surface area contributed by atoms with Gasteiger partial charge in [-0.2, -0.15) is 0 Å². The molecule has 2 nitrogen and oxygen atoms in total. The van der Waals surface area contributed by atoms with Crippen molar-refractivity contribution in [3.63, 3.8) is 0 Å². The molecular weight excluding hydrogens is 222 g/mol. The lowest BCUT2D eigenvalue weighted by atomic mass is 9.80. The Morgan fingerprint density at radius 1 is 1.44 bits per heavy atom. The van der Waals surface area contributed by atoms with E-state index in [4.69, 9.17) is 11.6 Å². The zero-order valence-corrected chi connectivity index (χ0v) is 10.3. The maximum absolute atomic E-state index is 9.98. The first-order chi connectivity index (χ1) is 7.61. The van der Waals surface area contributed by atoms with E-state index < -0.39 is 5.60 Å². The van der Waals surface area contributed by atoms with Crippen LogP contribution in [-0.4, -0.2) is 17.3 Å². The Bertz CT molecular complexity index is 363. The molecule has 3 heteroatoms. The van der Waals surface area contributed by atoms with Crippen LogP contribution < -0.4 is 5.32 Å². The molecule has 0 spiro atoms. The van der Waals surface area contributed by atoms with Crippen LogP contribution in [-0.2, 0) is 0 Å². The van der Waals surface area contributed by atoms with Gasteiger partial charge in [0.15, 0.2) is 0 Å². The fourth-order valence-corrected chi connectivity index (χ4v) is 2.34. The predicted molar refractivity (Wildman–Crippen MR) is 66.7 cm³/mol. The van der Waals surface area contributed by atoms with Gasteiger partial charge in [-0.05, 0) is 37.8 Å². The first kappa shape index (κ1) is 11.9. The van der Waals surface area contributed by atoms with Crippen molar-refractivity contribution < 1.29 is 5.11 Å². The fraction of sp³-hybridized carbons (Fsp3) is 0.538. The van der Waals surface area contributed by atoms with Crippen molar-refractivity contribution in [1.29, 1.82) is 0 Å². The lowest BCUT2D eigenvalue weighted by Crippen LogP contribution is -2.46. The highest BCUT2D eigenvalue weighted by atomic mass is 35.5. The molecule has 2 N–H and O–H groups in total. The van der Waals surface area contributed by atoms with Gasteiger partial charge in [-0.1, -0.05) is 29.8 Å². The van der Waals surface area contributed by atoms with Crippen LogP contribution in [0, 0.1) is 0 Å². The van der Waals surface area contributed by atoms with E-state index in [-0.39, 0.29) is 6.04 Å². The van der Waals surface area contributed by atoms with E-state index in [1.165, 1.54) is 0 Å². The molecule has 0 heterocycles. The average Bonchev–Trinajstić information content (AvgIpc) is 2.24. The Balaban J connectivity index is 1.93. The molecule has 1 saturated carbocycles. The minimum Gasteiger partial charge on any atom is -0.389 e. The van der Waals surface area contributed by atoms with Crippen molar-refractivity contribution in [2.24, 2.45) is 0 Å². The third kappa shape index (κ3) is 2.57. The van der Waals surface area contributed by atoms with Crippen LogP contribution in [0.5, 0.6) is 0 Å². The van der Waals surface area contributed by atoms with Gasteiger partial charge in [-0.15, -0.1) is 0 Å². The molecule has 1 fully saturated rings. The van der Waals surface area contributed by atoms with E-state index in [9.17, 15) is 5.11 Å². The number of nitrogens with one attached hydrogen (secondary N) is 1. The Morgan fingerprint density at radius 3 is 2.69 bits per heavy atom. The smallest absolute Gasteiger partial charge is 0.0771 e. The molecule has 1 aliphatic rings. The van der Waals surface area contributed by atoms with E-state index >= 15 is 0 Å². The van der Waals surface area contributed by atoms with Crippen LogP contribution in [0.25, 0.3) is 0 Å². The molecule has 1 atom stereocenters. The largest absolute Gasteiger partial charge is 0.389 e. The van der Waals surface area contributed by atoms with Gasteiger partial charge in [-0.25, -0.2) is 0 Å². The highest BCUT2D eigenvalue weighted by molar-refractivity contribution is 6.31. The van der Waals surface area contributed by atoms with Gasteiger partial charge in [0.25, 0.3) is 0 Å². The summed E-state index contributed by atoms with van der Waals surface area (Å²) in [6, 6.07) is 8.01. The van der Waals surface area contributed by atoms with Crippen LogP contribution in [0.4, 0.5) is 0 Å². The minimum atomic E-state index is -0.477. The van der Waals surface area contributed by atoms with Crippen molar-refractivity contribution in [2.75, 3.05) is 6.54 Å². The second kappa shape index (κ2) is 4.74. The van der Waals surface area contributed by atoms with E-state index in [1.807, 2.05) is 24.3 Å². The molecule has 1 aromatic rings. The third-order valence-electron chi connectivity index (χ3n) is 3.39. The highest BCUT2D eigenvalue weighted by Crippen LogP contribution is 2.31. The molecule has 16 heavy (non-hydrogen) atoms. The molecule has 88 valence electrons. The number of benzene rings is 1. The Kier molecular flexibility index (Phi) is 3.53. The molecule has 0 aliphatic heterocycles. The van der Waals surface area contributed by atoms with Gasteiger partial charge < -0.3 is 10.4 Å². The first-order valence-corrected chi connectivity index (χ1v) is 6.19. The summed E-state index contributed by atoms with van der Waals surface area (Å²) in [5, 5.41) is 14.1. The van der Waals surface area contributed by atoms with Gasteiger partial charge in [0.05, 0.1) is 5.60 Å². The number of halogens is 1. The van der Waals surface area contributed by atoms with Crippen LogP contribution in [0.2, 0.25) is 5.02 Å². The van der Waals surface area contributed by atoms with Crippen LogP contribution in [0.15, 0.2) is 24.3 Å². The second-order valence-corrected chi connectivity index (χ2v) is 5.11. The zero-order valence-electron chi connectivity index (χ0n) is 9.54. The summed E-state index contributed by atoms with van der Waals surface area (Å²) in [5.41, 5.74) is 0.613. The number of rotatable bonds is 4. The molecule has 1 aromatic carbocycles. The van der Waals surface area contributed by atoms with Crippen LogP contribution >= 0.6 is 11.6 Å². The summed E-state index contributed by atoms with van der Waals surface area (Å²) in [7, 11) is 0. The van der Waals surface area contributed by atoms with Crippen molar-refractivity contribution >= 4 is 11.6 Å². The quantitative estimate of drug-likeness (QED) is 0.847. The van der Waals surface area contributed by atoms with Crippen molar-refractivity contribution in [2.45, 2.75) is 37.8 Å². The van der Waals surface area contributed by atoms with Crippen molar-refractivity contribution in [3.05, 3.63) is 34.9 Å². The summed E-state index contributed by atoms with van der Waals surface area (Å²) in [4.78, 5) is 0. The normalized spacial score (nSPS) is 20.2. The summed E-state index contributed by atoms with van der Waals surface area (Å²) in [6.45, 7) is 2.72. The lowest BCUT2D eigenvalue weighted by molar-refractivity contribution is -0.0329. The molecule has 1 unspecified atom stereocenters. The molecule has 0 aromatic heterocycles. The Hall–Kier alpha value is -0.570. The van der Waals surface area contributed by atoms with E-state index in [0.29, 0.717) is 6.54 Å². The predicted octanol–water partition coefficient (Wildman–Crippen LogP) is 2.91. The molecule has 0 saturated heterocycles. The van der Waals surface area contributed by atoms with Crippen molar-refractivity contribution in [3.8, 4) is 0 Å². The highest BCUT2D eigenvalue weighted by Gasteiger charge is 2.34. The first-order valence-electron chi connectivity index (χ1n) is 5.81. The van der Waals surface area contributed by atoms with Crippen LogP contribution in [0.3, 0.4) is 0 Å². The van der Waals surface area contributed by atoms with Gasteiger partial charge >= 0.3 is 0 Å². The zero-order chi connectivity index (χ0) is 11.6. The number of hydrogen-bond acceptors (Lipinski definition) is 2. The van der Waals surface area contributed by atoms with Gasteiger partial charge in [0.2, 0.25) is 0 Å². The minimum absolute atomic E-state index is 0.179. The molecule has 0 bridgehead atoms. The molecular formula is C13H18ClNO. The number of hydrogen-bond donors (Lipinski definition) is 2. The Labute approximate surface area is 102 Å². The SMILES string of the molecule is CC(NCC1(O)CCC1)c1ccccc1Cl. The summed E-state index contributed by atoms with van der Waals surface area (Å²) < 4.78 is 0. The molecule has 0 amide bonds. The lowest BCUT2D eigenvalue weighted by Gasteiger charge is -2.37. The monoisotopic (exact) mass is 239 g/mol. The molecule has 1 aliphatic carbocycles. The summed E-state index contributed by atoms with van der Waals surface area (Å²) in [6.07, 6.45) is 2.96. The van der Waals surface area contributed by atoms with Gasteiger partial charge in [-0.3, -0.25) is 0 Å². The fourth-order valence-electron chi connectivity index (χ4n) is 2.04. The topological polar surface area (TPSA) is 32.3 Å². The molecule has 2 rings (SSSR count). The van der Waals surface area contributed by atoms with E-state index in [1.54, 1.807) is 0 Å². The number of aliphatic hydroxyl groups is 1. The standard InChI is InChI=1S/C13H18ClNO/c1-10(11-5-2-3-6-12(11)14)15-9-13(16)7-4-8-13/h2-3,5-6,10,15-16H,4,7-9H2,1H3. The van der Waals surface area contributed by atoms with Crippen molar-refractivity contribution in [1.82, 2.24) is 5.32 Å². The molecule has 0 radical (unpaired) electrons. The maximum atomic E-state index is 9.98. The van der Waals surface area contributed by atoms with Gasteiger partial charge in [0, 0.05) is 17.6 Å². The summed E-state index contributed by atoms with van der Waals surface area (Å²) >= 11 is 6.11. The third-order valence-corrected chi connectivity index (χ3v) is 3.74. The van der Waals surface area contributed by atoms with Gasteiger partial charge in [0.1, 0.15) is 0 Å². The van der Waals surface area contributed by atoms with E-state index in [2.05, 4.69) is 12.2 Å². The van der Waals surface area contributed by atoms with E-state index in [0.717, 1.165) is 29.8 Å². The summed E-state index contributed by atoms with van der Waals surface area (Å²) in [5.74, 6) is 0. The Morgan fingerprint density at radius 2 is 2.12 bits per heavy atom. The second-order valence-electron chi connectivity index (χ2n) is 4.70. The maximum Gasteiger partial charge on any atom is 0.0771 e.